The molecule has 3 aromatic rings. The van der Waals surface area contributed by atoms with Crippen LogP contribution >= 0.6 is 23.4 Å². The number of hydrogen-bond acceptors (Lipinski definition) is 8. The normalized spacial score (nSPS) is 13.8. The van der Waals surface area contributed by atoms with Crippen LogP contribution in [0.3, 0.4) is 0 Å². The van der Waals surface area contributed by atoms with E-state index in [1.54, 1.807) is 12.3 Å². The van der Waals surface area contributed by atoms with Crippen molar-refractivity contribution in [3.63, 3.8) is 0 Å². The molecule has 0 spiro atoms. The van der Waals surface area contributed by atoms with Crippen LogP contribution in [0, 0.1) is 13.5 Å². The summed E-state index contributed by atoms with van der Waals surface area (Å²) >= 11 is 7.61. The van der Waals surface area contributed by atoms with Crippen molar-refractivity contribution >= 4 is 46.4 Å². The van der Waals surface area contributed by atoms with E-state index in [1.165, 1.54) is 11.8 Å². The number of anilines is 3. The molecule has 1 fully saturated rings. The van der Waals surface area contributed by atoms with E-state index in [0.717, 1.165) is 43.2 Å². The Morgan fingerprint density at radius 3 is 2.56 bits per heavy atom. The number of halogens is 1. The molecule has 0 aliphatic carbocycles. The summed E-state index contributed by atoms with van der Waals surface area (Å²) in [6.45, 7) is 11.9. The van der Waals surface area contributed by atoms with Gasteiger partial charge in [0.25, 0.3) is 5.82 Å². The minimum Gasteiger partial charge on any atom is -0.397 e. The van der Waals surface area contributed by atoms with Gasteiger partial charge in [-0.15, -0.1) is 4.98 Å². The second kappa shape index (κ2) is 9.61. The summed E-state index contributed by atoms with van der Waals surface area (Å²) in [5.41, 5.74) is 9.18. The largest absolute Gasteiger partial charge is 0.397 e. The second-order valence-electron chi connectivity index (χ2n) is 7.24. The maximum atomic E-state index is 9.99. The van der Waals surface area contributed by atoms with Crippen LogP contribution in [-0.4, -0.2) is 46.2 Å². The Hall–Kier alpha value is -3.06. The highest BCUT2D eigenvalue weighted by Crippen LogP contribution is 2.38. The van der Waals surface area contributed by atoms with E-state index in [2.05, 4.69) is 24.6 Å². The van der Waals surface area contributed by atoms with Crippen LogP contribution in [0.2, 0.25) is 5.02 Å². The predicted molar refractivity (Wildman–Crippen MR) is 128 cm³/mol. The molecule has 0 unspecified atom stereocenters. The Morgan fingerprint density at radius 1 is 1.16 bits per heavy atom. The Bertz CT molecular complexity index is 1180. The molecule has 0 atom stereocenters. The first-order valence-electron chi connectivity index (χ1n) is 10.0. The van der Waals surface area contributed by atoms with E-state index < -0.39 is 0 Å². The van der Waals surface area contributed by atoms with Crippen LogP contribution in [0.25, 0.3) is 4.85 Å². The maximum Gasteiger partial charge on any atom is 0.289 e. The van der Waals surface area contributed by atoms with Gasteiger partial charge in [0.1, 0.15) is 16.9 Å². The molecule has 3 N–H and O–H groups in total. The number of rotatable bonds is 5. The summed E-state index contributed by atoms with van der Waals surface area (Å²) < 4.78 is 0. The first-order chi connectivity index (χ1) is 15.5. The maximum absolute atomic E-state index is 9.99. The highest BCUT2D eigenvalue weighted by molar-refractivity contribution is 7.99. The Morgan fingerprint density at radius 2 is 1.88 bits per heavy atom. The van der Waals surface area contributed by atoms with Gasteiger partial charge in [0.05, 0.1) is 28.7 Å². The Balaban J connectivity index is 1.54. The fraction of sp³-hybridized carbons (Fsp3) is 0.273. The zero-order valence-electron chi connectivity index (χ0n) is 17.5. The van der Waals surface area contributed by atoms with Gasteiger partial charge in [-0.1, -0.05) is 42.1 Å². The lowest BCUT2D eigenvalue weighted by molar-refractivity contribution is 0.275. The highest BCUT2D eigenvalue weighted by atomic mass is 35.5. The van der Waals surface area contributed by atoms with Gasteiger partial charge in [-0.05, 0) is 25.1 Å². The summed E-state index contributed by atoms with van der Waals surface area (Å²) in [6, 6.07) is 9.60. The third-order valence-corrected chi connectivity index (χ3v) is 6.86. The number of nitrogens with two attached hydrogens (primary N) is 1. The number of aliphatic hydroxyl groups excluding tert-OH is 1. The number of aryl methyl sites for hydroxylation is 1. The number of piperazine rings is 1. The fourth-order valence-electron chi connectivity index (χ4n) is 3.59. The molecule has 164 valence electrons. The molecular weight excluding hydrogens is 446 g/mol. The van der Waals surface area contributed by atoms with Crippen LogP contribution in [0.4, 0.5) is 23.0 Å². The number of para-hydroxylation sites is 2. The van der Waals surface area contributed by atoms with E-state index in [-0.39, 0.29) is 12.4 Å². The quantitative estimate of drug-likeness (QED) is 0.430. The average molecular weight is 468 g/mol. The molecule has 1 aliphatic rings. The molecule has 32 heavy (non-hydrogen) atoms. The number of pyridine rings is 1. The van der Waals surface area contributed by atoms with E-state index in [9.17, 15) is 5.11 Å². The molecule has 0 saturated carbocycles. The predicted octanol–water partition coefficient (Wildman–Crippen LogP) is 3.94. The summed E-state index contributed by atoms with van der Waals surface area (Å²) in [5.74, 6) is 0.843. The van der Waals surface area contributed by atoms with Gasteiger partial charge in [-0.2, -0.15) is 0 Å². The lowest BCUT2D eigenvalue weighted by Gasteiger charge is -2.37. The van der Waals surface area contributed by atoms with Crippen molar-refractivity contribution in [2.45, 2.75) is 23.5 Å². The third kappa shape index (κ3) is 4.43. The minimum atomic E-state index is -0.223. The van der Waals surface area contributed by atoms with Crippen LogP contribution in [0.5, 0.6) is 0 Å². The number of benzene rings is 1. The van der Waals surface area contributed by atoms with Gasteiger partial charge in [-0.25, -0.2) is 9.97 Å². The first-order valence-corrected chi connectivity index (χ1v) is 11.2. The number of hydrogen-bond donors (Lipinski definition) is 2. The number of nitrogen functional groups attached to an aromatic ring is 1. The molecule has 3 heterocycles. The third-order valence-electron chi connectivity index (χ3n) is 5.23. The molecule has 2 aromatic heterocycles. The summed E-state index contributed by atoms with van der Waals surface area (Å²) in [6.07, 6.45) is 1.55. The SMILES string of the molecule is [C-]#[N+]c1nccc(Sc2nc(CO)c(N3CCN(c4ccccc4N)CC3)nc2C)c1Cl. The van der Waals surface area contributed by atoms with E-state index >= 15 is 0 Å². The fourth-order valence-corrected chi connectivity index (χ4v) is 4.73. The number of aromatic nitrogens is 3. The molecule has 0 bridgehead atoms. The van der Waals surface area contributed by atoms with Crippen LogP contribution in [-0.2, 0) is 6.61 Å². The lowest BCUT2D eigenvalue weighted by atomic mass is 10.2. The van der Waals surface area contributed by atoms with Gasteiger partial charge in [0.15, 0.2) is 5.82 Å². The average Bonchev–Trinajstić information content (AvgIpc) is 2.82. The summed E-state index contributed by atoms with van der Waals surface area (Å²) in [4.78, 5) is 21.8. The zero-order chi connectivity index (χ0) is 22.7. The van der Waals surface area contributed by atoms with Crippen molar-refractivity contribution in [2.24, 2.45) is 0 Å². The Kier molecular flexibility index (Phi) is 6.65. The molecular formula is C22H22ClN7OS. The summed E-state index contributed by atoms with van der Waals surface area (Å²) in [7, 11) is 0. The van der Waals surface area contributed by atoms with E-state index in [1.807, 2.05) is 31.2 Å². The van der Waals surface area contributed by atoms with Gasteiger partial charge < -0.3 is 25.5 Å². The smallest absolute Gasteiger partial charge is 0.289 e. The zero-order valence-corrected chi connectivity index (χ0v) is 19.1. The standard InChI is InChI=1S/C22H22ClN7OS/c1-14-22(32-18-7-8-26-20(25-2)19(18)23)28-16(13-31)21(27-14)30-11-9-29(10-12-30)17-6-4-3-5-15(17)24/h3-8,31H,9-13,24H2,1H3. The molecule has 4 rings (SSSR count). The topological polar surface area (TPSA) is 95.8 Å². The minimum absolute atomic E-state index is 0.151. The second-order valence-corrected chi connectivity index (χ2v) is 8.64. The summed E-state index contributed by atoms with van der Waals surface area (Å²) in [5, 5.41) is 10.9. The van der Waals surface area contributed by atoms with Gasteiger partial charge >= 0.3 is 0 Å². The lowest BCUT2D eigenvalue weighted by Crippen LogP contribution is -2.47. The van der Waals surface area contributed by atoms with E-state index in [4.69, 9.17) is 28.9 Å². The van der Waals surface area contributed by atoms with Crippen LogP contribution < -0.4 is 15.5 Å². The number of aliphatic hydroxyl groups is 1. The molecule has 1 saturated heterocycles. The van der Waals surface area contributed by atoms with Crippen LogP contribution in [0.1, 0.15) is 11.4 Å². The van der Waals surface area contributed by atoms with Gasteiger partial charge in [0, 0.05) is 31.1 Å². The first kappa shape index (κ1) is 22.1. The molecule has 10 heteroatoms. The highest BCUT2D eigenvalue weighted by Gasteiger charge is 2.23. The van der Waals surface area contributed by atoms with Crippen LogP contribution in [0.15, 0.2) is 46.5 Å². The monoisotopic (exact) mass is 467 g/mol. The molecule has 0 radical (unpaired) electrons. The molecule has 0 amide bonds. The molecule has 8 nitrogen and oxygen atoms in total. The van der Waals surface area contributed by atoms with Gasteiger partial charge in [0.2, 0.25) is 0 Å². The van der Waals surface area contributed by atoms with Gasteiger partial charge in [-0.3, -0.25) is 0 Å². The van der Waals surface area contributed by atoms with Crippen molar-refractivity contribution in [3.05, 3.63) is 64.4 Å². The van der Waals surface area contributed by atoms with Crippen molar-refractivity contribution in [1.82, 2.24) is 15.0 Å². The van der Waals surface area contributed by atoms with Crippen molar-refractivity contribution in [2.75, 3.05) is 41.7 Å². The van der Waals surface area contributed by atoms with Crippen molar-refractivity contribution in [3.8, 4) is 0 Å². The van der Waals surface area contributed by atoms with Crippen molar-refractivity contribution in [1.29, 1.82) is 0 Å². The molecule has 1 aliphatic heterocycles. The molecule has 1 aromatic carbocycles. The Labute approximate surface area is 195 Å². The van der Waals surface area contributed by atoms with E-state index in [0.29, 0.717) is 26.5 Å². The number of nitrogens with zero attached hydrogens (tertiary/aromatic N) is 6. The van der Waals surface area contributed by atoms with Crippen molar-refractivity contribution < 1.29 is 5.11 Å².